The molecule has 92 valence electrons. The first-order valence-electron chi connectivity index (χ1n) is 5.20. The molecule has 1 aromatic carbocycles. The van der Waals surface area contributed by atoms with E-state index in [1.54, 1.807) is 24.3 Å². The van der Waals surface area contributed by atoms with Gasteiger partial charge < -0.3 is 10.1 Å². The van der Waals surface area contributed by atoms with Crippen molar-refractivity contribution in [2.75, 3.05) is 5.33 Å². The minimum absolute atomic E-state index is 0.0109. The van der Waals surface area contributed by atoms with Crippen LogP contribution in [-0.2, 0) is 0 Å². The molecule has 1 N–H and O–H groups in total. The van der Waals surface area contributed by atoms with Crippen LogP contribution in [0.25, 0.3) is 0 Å². The monoisotopic (exact) mass is 299 g/mol. The van der Waals surface area contributed by atoms with Crippen molar-refractivity contribution in [3.63, 3.8) is 0 Å². The van der Waals surface area contributed by atoms with Gasteiger partial charge in [-0.25, -0.2) is 4.79 Å². The summed E-state index contributed by atoms with van der Waals surface area (Å²) in [7, 11) is 0. The lowest BCUT2D eigenvalue weighted by molar-refractivity contribution is 0.102. The van der Waals surface area contributed by atoms with Gasteiger partial charge in [-0.3, -0.25) is 4.79 Å². The molecule has 0 fully saturated rings. The Morgan fingerprint density at radius 1 is 1.29 bits per heavy atom. The summed E-state index contributed by atoms with van der Waals surface area (Å²) in [5.74, 6) is 0.400. The second kappa shape index (κ2) is 6.39. The molecular formula is C12H14BrNO3. The molecule has 0 aliphatic rings. The number of Topliss-reactive ketones (excluding diaryl/α,β-unsaturated/α-hetero) is 1. The van der Waals surface area contributed by atoms with Crippen LogP contribution in [0.2, 0.25) is 0 Å². The van der Waals surface area contributed by atoms with Crippen LogP contribution in [0.15, 0.2) is 24.3 Å². The fourth-order valence-corrected chi connectivity index (χ4v) is 1.48. The van der Waals surface area contributed by atoms with Crippen LogP contribution in [0.3, 0.4) is 0 Å². The van der Waals surface area contributed by atoms with Gasteiger partial charge in [0, 0.05) is 11.6 Å². The molecule has 0 saturated heterocycles. The van der Waals surface area contributed by atoms with Gasteiger partial charge in [0.1, 0.15) is 5.75 Å². The van der Waals surface area contributed by atoms with E-state index in [-0.39, 0.29) is 17.2 Å². The molecule has 1 amide bonds. The summed E-state index contributed by atoms with van der Waals surface area (Å²) in [5.41, 5.74) is 0.582. The molecule has 0 saturated carbocycles. The van der Waals surface area contributed by atoms with E-state index in [4.69, 9.17) is 4.74 Å². The zero-order valence-electron chi connectivity index (χ0n) is 9.70. The van der Waals surface area contributed by atoms with E-state index in [0.717, 1.165) is 0 Å². The standard InChI is InChI=1S/C12H14BrNO3/c1-8(2)14-12(16)17-10-5-3-9(4-6-10)11(15)7-13/h3-6,8H,7H2,1-2H3,(H,14,16). The van der Waals surface area contributed by atoms with Crippen LogP contribution >= 0.6 is 15.9 Å². The Hall–Kier alpha value is -1.36. The first-order valence-corrected chi connectivity index (χ1v) is 6.32. The maximum atomic E-state index is 11.3. The Kier molecular flexibility index (Phi) is 5.15. The number of nitrogens with one attached hydrogen (secondary N) is 1. The van der Waals surface area contributed by atoms with Gasteiger partial charge in [0.25, 0.3) is 0 Å². The number of ether oxygens (including phenoxy) is 1. The highest BCUT2D eigenvalue weighted by Gasteiger charge is 2.07. The maximum Gasteiger partial charge on any atom is 0.412 e. The third-order valence-corrected chi connectivity index (χ3v) is 2.42. The van der Waals surface area contributed by atoms with Crippen molar-refractivity contribution in [1.82, 2.24) is 5.32 Å². The third kappa shape index (κ3) is 4.56. The number of alkyl halides is 1. The quantitative estimate of drug-likeness (QED) is 0.687. The van der Waals surface area contributed by atoms with Crippen molar-refractivity contribution >= 4 is 27.8 Å². The topological polar surface area (TPSA) is 55.4 Å². The molecule has 0 aliphatic carbocycles. The lowest BCUT2D eigenvalue weighted by Crippen LogP contribution is -2.32. The summed E-state index contributed by atoms with van der Waals surface area (Å²) in [5, 5.41) is 2.88. The van der Waals surface area contributed by atoms with Crippen LogP contribution in [0.4, 0.5) is 4.79 Å². The van der Waals surface area contributed by atoms with E-state index < -0.39 is 6.09 Å². The Bertz CT molecular complexity index is 401. The molecule has 0 aromatic heterocycles. The number of carbonyl (C=O) groups excluding carboxylic acids is 2. The van der Waals surface area contributed by atoms with Gasteiger partial charge in [-0.15, -0.1) is 0 Å². The number of rotatable bonds is 4. The Morgan fingerprint density at radius 2 is 1.88 bits per heavy atom. The first-order chi connectivity index (χ1) is 8.02. The predicted octanol–water partition coefficient (Wildman–Crippen LogP) is 2.76. The highest BCUT2D eigenvalue weighted by molar-refractivity contribution is 9.09. The number of hydrogen-bond acceptors (Lipinski definition) is 3. The summed E-state index contributed by atoms with van der Waals surface area (Å²) in [6.45, 7) is 3.69. The van der Waals surface area contributed by atoms with E-state index in [1.807, 2.05) is 13.8 Å². The molecular weight excluding hydrogens is 286 g/mol. The van der Waals surface area contributed by atoms with Crippen molar-refractivity contribution in [3.05, 3.63) is 29.8 Å². The zero-order valence-corrected chi connectivity index (χ0v) is 11.3. The van der Waals surface area contributed by atoms with Crippen molar-refractivity contribution < 1.29 is 14.3 Å². The van der Waals surface area contributed by atoms with Gasteiger partial charge in [0.05, 0.1) is 5.33 Å². The molecule has 1 rings (SSSR count). The normalized spacial score (nSPS) is 10.1. The molecule has 0 radical (unpaired) electrons. The van der Waals surface area contributed by atoms with Gasteiger partial charge in [-0.2, -0.15) is 0 Å². The molecule has 0 heterocycles. The molecule has 1 aromatic rings. The SMILES string of the molecule is CC(C)NC(=O)Oc1ccc(C(=O)CBr)cc1. The molecule has 0 aliphatic heterocycles. The van der Waals surface area contributed by atoms with E-state index >= 15 is 0 Å². The van der Waals surface area contributed by atoms with Crippen molar-refractivity contribution in [1.29, 1.82) is 0 Å². The van der Waals surface area contributed by atoms with Crippen LogP contribution in [0.1, 0.15) is 24.2 Å². The second-order valence-electron chi connectivity index (χ2n) is 3.77. The third-order valence-electron chi connectivity index (χ3n) is 1.91. The number of carbonyl (C=O) groups is 2. The Morgan fingerprint density at radius 3 is 2.35 bits per heavy atom. The number of ketones is 1. The zero-order chi connectivity index (χ0) is 12.8. The average Bonchev–Trinajstić information content (AvgIpc) is 2.28. The Balaban J connectivity index is 2.62. The number of amides is 1. The highest BCUT2D eigenvalue weighted by Crippen LogP contribution is 2.13. The van der Waals surface area contributed by atoms with Gasteiger partial charge in [-0.05, 0) is 38.1 Å². The van der Waals surface area contributed by atoms with Crippen molar-refractivity contribution in [2.24, 2.45) is 0 Å². The highest BCUT2D eigenvalue weighted by atomic mass is 79.9. The molecule has 17 heavy (non-hydrogen) atoms. The summed E-state index contributed by atoms with van der Waals surface area (Å²) < 4.78 is 5.02. The number of hydrogen-bond donors (Lipinski definition) is 1. The molecule has 0 atom stereocenters. The molecule has 0 spiro atoms. The van der Waals surface area contributed by atoms with Crippen molar-refractivity contribution in [3.8, 4) is 5.75 Å². The lowest BCUT2D eigenvalue weighted by atomic mass is 10.1. The molecule has 0 bridgehead atoms. The fraction of sp³-hybridized carbons (Fsp3) is 0.333. The van der Waals surface area contributed by atoms with Crippen LogP contribution < -0.4 is 10.1 Å². The van der Waals surface area contributed by atoms with Gasteiger partial charge in [0.15, 0.2) is 5.78 Å². The summed E-state index contributed by atoms with van der Waals surface area (Å²) in [6, 6.07) is 6.46. The minimum atomic E-state index is -0.500. The van der Waals surface area contributed by atoms with Gasteiger partial charge in [-0.1, -0.05) is 15.9 Å². The molecule has 5 heteroatoms. The fourth-order valence-electron chi connectivity index (χ4n) is 1.16. The van der Waals surface area contributed by atoms with Crippen molar-refractivity contribution in [2.45, 2.75) is 19.9 Å². The maximum absolute atomic E-state index is 11.3. The molecule has 4 nitrogen and oxygen atoms in total. The van der Waals surface area contributed by atoms with E-state index in [1.165, 1.54) is 0 Å². The Labute approximate surface area is 108 Å². The summed E-state index contributed by atoms with van der Waals surface area (Å²) >= 11 is 3.09. The number of halogens is 1. The summed E-state index contributed by atoms with van der Waals surface area (Å²) in [6.07, 6.45) is -0.500. The molecule has 0 unspecified atom stereocenters. The second-order valence-corrected chi connectivity index (χ2v) is 4.33. The van der Waals surface area contributed by atoms with E-state index in [2.05, 4.69) is 21.2 Å². The predicted molar refractivity (Wildman–Crippen MR) is 68.9 cm³/mol. The van der Waals surface area contributed by atoms with E-state index in [9.17, 15) is 9.59 Å². The van der Waals surface area contributed by atoms with Gasteiger partial charge >= 0.3 is 6.09 Å². The van der Waals surface area contributed by atoms with Crippen LogP contribution in [-0.4, -0.2) is 23.2 Å². The average molecular weight is 300 g/mol. The van der Waals surface area contributed by atoms with Crippen LogP contribution in [0, 0.1) is 0 Å². The van der Waals surface area contributed by atoms with Crippen LogP contribution in [0.5, 0.6) is 5.75 Å². The van der Waals surface area contributed by atoms with Gasteiger partial charge in [0.2, 0.25) is 0 Å². The lowest BCUT2D eigenvalue weighted by Gasteiger charge is -2.09. The summed E-state index contributed by atoms with van der Waals surface area (Å²) in [4.78, 5) is 22.6. The first kappa shape index (κ1) is 13.7. The largest absolute Gasteiger partial charge is 0.412 e. The van der Waals surface area contributed by atoms with E-state index in [0.29, 0.717) is 11.3 Å². The number of benzene rings is 1. The minimum Gasteiger partial charge on any atom is -0.410 e. The smallest absolute Gasteiger partial charge is 0.410 e.